The molecule has 0 aliphatic carbocycles. The molecule has 0 spiro atoms. The zero-order valence-electron chi connectivity index (χ0n) is 20.1. The number of para-hydroxylation sites is 2. The molecule has 33 heavy (non-hydrogen) atoms. The highest BCUT2D eigenvalue weighted by atomic mass is 16.5. The first kappa shape index (κ1) is 22.7. The maximum atomic E-state index is 5.68. The fourth-order valence-corrected chi connectivity index (χ4v) is 4.74. The van der Waals surface area contributed by atoms with Crippen molar-refractivity contribution in [2.24, 2.45) is 0 Å². The van der Waals surface area contributed by atoms with Gasteiger partial charge in [-0.2, -0.15) is 4.58 Å². The van der Waals surface area contributed by atoms with E-state index in [9.17, 15) is 0 Å². The average Bonchev–Trinajstić information content (AvgIpc) is 2.85. The molecule has 0 amide bonds. The predicted molar refractivity (Wildman–Crippen MR) is 142 cm³/mol. The summed E-state index contributed by atoms with van der Waals surface area (Å²) in [6.07, 6.45) is 15.2. The molecule has 2 aliphatic rings. The van der Waals surface area contributed by atoms with Gasteiger partial charge < -0.3 is 9.55 Å². The van der Waals surface area contributed by atoms with Gasteiger partial charge in [-0.1, -0.05) is 68.4 Å². The Morgan fingerprint density at radius 3 is 2.70 bits per heavy atom. The van der Waals surface area contributed by atoms with Crippen molar-refractivity contribution in [3.05, 3.63) is 114 Å². The lowest BCUT2D eigenvalue weighted by atomic mass is 9.50. The summed E-state index contributed by atoms with van der Waals surface area (Å²) in [5.74, 6) is 3.16. The summed E-state index contributed by atoms with van der Waals surface area (Å²) in [6.45, 7) is 8.69. The first-order chi connectivity index (χ1) is 16.1. The van der Waals surface area contributed by atoms with E-state index in [2.05, 4.69) is 110 Å². The molecule has 0 saturated heterocycles. The molecule has 4 rings (SSSR count). The second kappa shape index (κ2) is 9.95. The molecule has 0 saturated carbocycles. The molecule has 0 bridgehead atoms. The van der Waals surface area contributed by atoms with E-state index in [4.69, 9.17) is 4.74 Å². The van der Waals surface area contributed by atoms with E-state index in [-0.39, 0.29) is 6.85 Å². The molecule has 0 atom stereocenters. The summed E-state index contributed by atoms with van der Waals surface area (Å²) in [6, 6.07) is 14.9. The number of nitrogens with zero attached hydrogens (tertiary/aromatic N) is 2. The molecule has 0 unspecified atom stereocenters. The summed E-state index contributed by atoms with van der Waals surface area (Å²) in [7, 11) is 3.88. The minimum absolute atomic E-state index is 0.0758. The van der Waals surface area contributed by atoms with E-state index < -0.39 is 0 Å². The molecule has 2 aliphatic heterocycles. The Bertz CT molecular complexity index is 1220. The molecule has 0 fully saturated rings. The Hall–Kier alpha value is -3.53. The van der Waals surface area contributed by atoms with Gasteiger partial charge in [0, 0.05) is 17.2 Å². The number of unbranched alkanes of at least 4 members (excludes halogenated alkanes) is 1. The van der Waals surface area contributed by atoms with Crippen LogP contribution in [0.15, 0.2) is 103 Å². The lowest BCUT2D eigenvalue weighted by Gasteiger charge is -2.32. The van der Waals surface area contributed by atoms with Gasteiger partial charge in [0.05, 0.1) is 12.7 Å². The van der Waals surface area contributed by atoms with Gasteiger partial charge in [-0.05, 0) is 49.3 Å². The highest BCUT2D eigenvalue weighted by Gasteiger charge is 2.36. The number of hydrogen-bond acceptors (Lipinski definition) is 2. The molecule has 2 aromatic rings. The Labute approximate surface area is 198 Å². The molecule has 0 N–H and O–H groups in total. The van der Waals surface area contributed by atoms with Crippen molar-refractivity contribution in [2.45, 2.75) is 26.7 Å². The number of ether oxygens (including phenoxy) is 1. The van der Waals surface area contributed by atoms with Crippen molar-refractivity contribution in [1.82, 2.24) is 0 Å². The Balaban J connectivity index is 2.12. The third kappa shape index (κ3) is 4.14. The fourth-order valence-electron chi connectivity index (χ4n) is 4.74. The zero-order chi connectivity index (χ0) is 23.4. The number of fused-ring (bicyclic) bond motifs is 3. The van der Waals surface area contributed by atoms with Gasteiger partial charge in [0.2, 0.25) is 11.4 Å². The zero-order valence-corrected chi connectivity index (χ0v) is 20.1. The number of allylic oxidation sites excluding steroid dienone is 7. The van der Waals surface area contributed by atoms with Gasteiger partial charge in [-0.15, -0.1) is 0 Å². The largest absolute Gasteiger partial charge is 0.496 e. The van der Waals surface area contributed by atoms with Crippen LogP contribution in [0.3, 0.4) is 0 Å². The van der Waals surface area contributed by atoms with Crippen LogP contribution in [0.25, 0.3) is 0 Å². The van der Waals surface area contributed by atoms with Crippen LogP contribution in [-0.2, 0) is 0 Å². The lowest BCUT2D eigenvalue weighted by molar-refractivity contribution is -0.403. The van der Waals surface area contributed by atoms with Crippen molar-refractivity contribution < 1.29 is 9.31 Å². The van der Waals surface area contributed by atoms with E-state index in [0.29, 0.717) is 0 Å². The van der Waals surface area contributed by atoms with Gasteiger partial charge in [0.25, 0.3) is 0 Å². The van der Waals surface area contributed by atoms with E-state index >= 15 is 0 Å². The summed E-state index contributed by atoms with van der Waals surface area (Å²) in [4.78, 5) is 2.36. The van der Waals surface area contributed by atoms with Crippen LogP contribution in [0.4, 0.5) is 11.4 Å². The Morgan fingerprint density at radius 1 is 1.12 bits per heavy atom. The summed E-state index contributed by atoms with van der Waals surface area (Å²) in [5, 5.41) is 0. The fraction of sp³-hybridized carbons (Fsp3) is 0.207. The normalized spacial score (nSPS) is 15.5. The van der Waals surface area contributed by atoms with Gasteiger partial charge >= 0.3 is 6.85 Å². The maximum absolute atomic E-state index is 5.68. The first-order valence-corrected chi connectivity index (χ1v) is 11.6. The maximum Gasteiger partial charge on any atom is 0.321 e. The van der Waals surface area contributed by atoms with Crippen LogP contribution < -0.4 is 9.55 Å². The minimum atomic E-state index is 0.0758. The molecule has 4 heteroatoms. The van der Waals surface area contributed by atoms with Crippen molar-refractivity contribution in [2.75, 3.05) is 19.0 Å². The SMILES string of the molecule is C=CC1=C(/C=C\CCC)B2C=CC=CN2c2ccccc2[N+](C)=C1c1cccc(OC)c1C. The van der Waals surface area contributed by atoms with Crippen LogP contribution in [0.5, 0.6) is 5.75 Å². The molecular formula is C29H32BN2O+. The number of methoxy groups -OCH3 is 1. The van der Waals surface area contributed by atoms with E-state index in [0.717, 1.165) is 46.7 Å². The molecular weight excluding hydrogens is 403 g/mol. The number of anilines is 1. The van der Waals surface area contributed by atoms with Crippen LogP contribution in [0.1, 0.15) is 30.9 Å². The topological polar surface area (TPSA) is 15.5 Å². The van der Waals surface area contributed by atoms with Gasteiger partial charge in [0.1, 0.15) is 18.5 Å². The minimum Gasteiger partial charge on any atom is -0.496 e. The third-order valence-corrected chi connectivity index (χ3v) is 6.41. The van der Waals surface area contributed by atoms with Crippen LogP contribution in [0, 0.1) is 6.92 Å². The third-order valence-electron chi connectivity index (χ3n) is 6.41. The number of benzene rings is 2. The van der Waals surface area contributed by atoms with Crippen molar-refractivity contribution in [3.8, 4) is 5.75 Å². The molecule has 3 nitrogen and oxygen atoms in total. The average molecular weight is 435 g/mol. The monoisotopic (exact) mass is 435 g/mol. The summed E-state index contributed by atoms with van der Waals surface area (Å²) < 4.78 is 7.98. The first-order valence-electron chi connectivity index (χ1n) is 11.6. The quantitative estimate of drug-likeness (QED) is 0.376. The summed E-state index contributed by atoms with van der Waals surface area (Å²) >= 11 is 0. The van der Waals surface area contributed by atoms with Crippen LogP contribution in [0.2, 0.25) is 0 Å². The highest BCUT2D eigenvalue weighted by molar-refractivity contribution is 6.77. The summed E-state index contributed by atoms with van der Waals surface area (Å²) in [5.41, 5.74) is 8.08. The smallest absolute Gasteiger partial charge is 0.321 e. The van der Waals surface area contributed by atoms with Crippen molar-refractivity contribution in [1.29, 1.82) is 0 Å². The molecule has 166 valence electrons. The standard InChI is InChI=1S/C29H32BN2O/c1-6-8-9-16-25-23(7-2)29(24-15-14-19-28(33-5)22(24)3)31(4)26-17-10-11-18-27(26)32-21-13-12-20-30(25)32/h7,9-21H,2,6,8H2,1,3-5H3/q+1/b16-9-,25-23?,31-29?. The van der Waals surface area contributed by atoms with E-state index in [1.54, 1.807) is 7.11 Å². The van der Waals surface area contributed by atoms with Crippen LogP contribution in [-0.4, -0.2) is 31.3 Å². The van der Waals surface area contributed by atoms with Crippen molar-refractivity contribution >= 4 is 23.9 Å². The van der Waals surface area contributed by atoms with E-state index in [1.165, 1.54) is 11.2 Å². The number of hydrogen-bond donors (Lipinski definition) is 0. The molecule has 0 aromatic heterocycles. The Morgan fingerprint density at radius 2 is 1.94 bits per heavy atom. The molecule has 0 radical (unpaired) electrons. The number of rotatable bonds is 6. The molecule has 2 heterocycles. The predicted octanol–water partition coefficient (Wildman–Crippen LogP) is 6.58. The van der Waals surface area contributed by atoms with Gasteiger partial charge in [-0.3, -0.25) is 0 Å². The second-order valence-corrected chi connectivity index (χ2v) is 8.37. The Kier molecular flexibility index (Phi) is 6.83. The molecule has 2 aromatic carbocycles. The highest BCUT2D eigenvalue weighted by Crippen LogP contribution is 2.37. The van der Waals surface area contributed by atoms with Gasteiger partial charge in [-0.25, -0.2) is 0 Å². The van der Waals surface area contributed by atoms with Gasteiger partial charge in [0.15, 0.2) is 0 Å². The van der Waals surface area contributed by atoms with Crippen molar-refractivity contribution in [3.63, 3.8) is 0 Å². The van der Waals surface area contributed by atoms with Crippen LogP contribution >= 0.6 is 0 Å². The van der Waals surface area contributed by atoms with E-state index in [1.807, 2.05) is 12.1 Å². The second-order valence-electron chi connectivity index (χ2n) is 8.37. The lowest BCUT2D eigenvalue weighted by Crippen LogP contribution is -2.40.